The van der Waals surface area contributed by atoms with E-state index in [1.54, 1.807) is 23.4 Å². The Hall–Kier alpha value is -2.81. The summed E-state index contributed by atoms with van der Waals surface area (Å²) in [6.45, 7) is 7.34. The molecule has 9 heteroatoms. The van der Waals surface area contributed by atoms with Gasteiger partial charge in [-0.25, -0.2) is 19.9 Å². The Bertz CT molecular complexity index is 788. The van der Waals surface area contributed by atoms with Crippen molar-refractivity contribution >= 4 is 17.8 Å². The summed E-state index contributed by atoms with van der Waals surface area (Å²) < 4.78 is 5.33. The van der Waals surface area contributed by atoms with Crippen molar-refractivity contribution in [3.8, 4) is 0 Å². The smallest absolute Gasteiger partial charge is 0.272 e. The van der Waals surface area contributed by atoms with Crippen molar-refractivity contribution in [3.05, 3.63) is 35.9 Å². The van der Waals surface area contributed by atoms with Crippen LogP contribution in [0.3, 0.4) is 0 Å². The van der Waals surface area contributed by atoms with Crippen LogP contribution in [0.4, 0.5) is 11.9 Å². The molecule has 0 spiro atoms. The number of amides is 1. The van der Waals surface area contributed by atoms with Crippen molar-refractivity contribution < 1.29 is 9.53 Å². The minimum atomic E-state index is -0.0543. The number of hydrogen-bond donors (Lipinski definition) is 0. The number of morpholine rings is 1. The lowest BCUT2D eigenvalue weighted by Crippen LogP contribution is -2.48. The van der Waals surface area contributed by atoms with Gasteiger partial charge in [-0.15, -0.1) is 0 Å². The lowest BCUT2D eigenvalue weighted by atomic mass is 10.2. The van der Waals surface area contributed by atoms with Gasteiger partial charge in [-0.1, -0.05) is 0 Å². The number of ether oxygens (including phenoxy) is 1. The van der Waals surface area contributed by atoms with E-state index in [4.69, 9.17) is 4.74 Å². The molecule has 142 valence electrons. The monoisotopic (exact) mass is 369 g/mol. The molecule has 9 nitrogen and oxygen atoms in total. The van der Waals surface area contributed by atoms with Crippen LogP contribution in [0.25, 0.3) is 0 Å². The summed E-state index contributed by atoms with van der Waals surface area (Å²) in [5, 5.41) is 0. The Balaban J connectivity index is 1.46. The zero-order valence-electron chi connectivity index (χ0n) is 15.4. The highest BCUT2D eigenvalue weighted by molar-refractivity contribution is 5.92. The maximum atomic E-state index is 12.8. The average Bonchev–Trinajstić information content (AvgIpc) is 2.74. The number of hydrogen-bond acceptors (Lipinski definition) is 8. The van der Waals surface area contributed by atoms with E-state index in [0.29, 0.717) is 37.9 Å². The van der Waals surface area contributed by atoms with E-state index in [1.807, 2.05) is 13.0 Å². The molecular formula is C18H23N7O2. The first-order valence-corrected chi connectivity index (χ1v) is 9.20. The van der Waals surface area contributed by atoms with Crippen LogP contribution in [-0.4, -0.2) is 83.2 Å². The third-order valence-electron chi connectivity index (χ3n) is 4.76. The molecule has 0 saturated carbocycles. The van der Waals surface area contributed by atoms with Gasteiger partial charge in [0.2, 0.25) is 11.9 Å². The lowest BCUT2D eigenvalue weighted by molar-refractivity contribution is 0.0299. The predicted octanol–water partition coefficient (Wildman–Crippen LogP) is 0.374. The fourth-order valence-corrected chi connectivity index (χ4v) is 3.29. The minimum Gasteiger partial charge on any atom is -0.378 e. The summed E-state index contributed by atoms with van der Waals surface area (Å²) in [5.41, 5.74) is 1.25. The molecule has 0 N–H and O–H groups in total. The second-order valence-corrected chi connectivity index (χ2v) is 6.62. The summed E-state index contributed by atoms with van der Waals surface area (Å²) in [6, 6.07) is 3.57. The van der Waals surface area contributed by atoms with Gasteiger partial charge in [0.15, 0.2) is 0 Å². The van der Waals surface area contributed by atoms with Crippen LogP contribution in [0.5, 0.6) is 0 Å². The van der Waals surface area contributed by atoms with Crippen molar-refractivity contribution in [2.24, 2.45) is 0 Å². The van der Waals surface area contributed by atoms with Crippen LogP contribution < -0.4 is 9.80 Å². The number of nitrogens with zero attached hydrogens (tertiary/aromatic N) is 7. The minimum absolute atomic E-state index is 0.0543. The zero-order chi connectivity index (χ0) is 18.6. The molecule has 0 aromatic carbocycles. The second kappa shape index (κ2) is 7.83. The lowest BCUT2D eigenvalue weighted by Gasteiger charge is -2.35. The highest BCUT2D eigenvalue weighted by Crippen LogP contribution is 2.17. The van der Waals surface area contributed by atoms with Gasteiger partial charge < -0.3 is 19.4 Å². The van der Waals surface area contributed by atoms with Crippen molar-refractivity contribution in [2.45, 2.75) is 6.92 Å². The van der Waals surface area contributed by atoms with Crippen LogP contribution in [0.1, 0.15) is 16.2 Å². The molecule has 2 saturated heterocycles. The van der Waals surface area contributed by atoms with Gasteiger partial charge in [-0.2, -0.15) is 0 Å². The summed E-state index contributed by atoms with van der Waals surface area (Å²) in [5.74, 6) is 1.30. The quantitative estimate of drug-likeness (QED) is 0.767. The van der Waals surface area contributed by atoms with E-state index in [-0.39, 0.29) is 5.91 Å². The fraction of sp³-hybridized carbons (Fsp3) is 0.500. The molecule has 2 fully saturated rings. The van der Waals surface area contributed by atoms with Gasteiger partial charge >= 0.3 is 0 Å². The molecule has 0 atom stereocenters. The Morgan fingerprint density at radius 2 is 1.56 bits per heavy atom. The molecule has 4 heterocycles. The predicted molar refractivity (Wildman–Crippen MR) is 99.9 cm³/mol. The first kappa shape index (κ1) is 17.6. The maximum absolute atomic E-state index is 12.8. The van der Waals surface area contributed by atoms with Gasteiger partial charge in [0.1, 0.15) is 5.69 Å². The number of carbonyl (C=O) groups excluding carboxylic acids is 1. The topological polar surface area (TPSA) is 87.6 Å². The number of carbonyl (C=O) groups is 1. The molecule has 27 heavy (non-hydrogen) atoms. The number of anilines is 2. The Morgan fingerprint density at radius 3 is 2.22 bits per heavy atom. The number of rotatable bonds is 3. The van der Waals surface area contributed by atoms with Gasteiger partial charge in [0, 0.05) is 57.4 Å². The molecule has 2 aromatic heterocycles. The average molecular weight is 369 g/mol. The van der Waals surface area contributed by atoms with E-state index in [1.165, 1.54) is 0 Å². The van der Waals surface area contributed by atoms with Crippen molar-refractivity contribution in [1.29, 1.82) is 0 Å². The number of aromatic nitrogens is 4. The van der Waals surface area contributed by atoms with Gasteiger partial charge in [0.25, 0.3) is 5.91 Å². The summed E-state index contributed by atoms with van der Waals surface area (Å²) in [7, 11) is 0. The number of aryl methyl sites for hydroxylation is 1. The van der Waals surface area contributed by atoms with Gasteiger partial charge in [-0.3, -0.25) is 4.79 Å². The largest absolute Gasteiger partial charge is 0.378 e. The SMILES string of the molecule is Cc1cc(C(=O)N2CCOCC2)nc(N2CCN(c3ncccn3)CC2)n1. The van der Waals surface area contributed by atoms with E-state index < -0.39 is 0 Å². The molecule has 0 bridgehead atoms. The van der Waals surface area contributed by atoms with Crippen molar-refractivity contribution in [3.63, 3.8) is 0 Å². The van der Waals surface area contributed by atoms with E-state index in [9.17, 15) is 4.79 Å². The summed E-state index contributed by atoms with van der Waals surface area (Å²) in [6.07, 6.45) is 3.50. The molecule has 0 unspecified atom stereocenters. The van der Waals surface area contributed by atoms with E-state index in [0.717, 1.165) is 37.8 Å². The van der Waals surface area contributed by atoms with Crippen LogP contribution in [0.15, 0.2) is 24.5 Å². The summed E-state index contributed by atoms with van der Waals surface area (Å²) in [4.78, 5) is 36.5. The van der Waals surface area contributed by atoms with Gasteiger partial charge in [-0.05, 0) is 19.1 Å². The molecule has 2 aromatic rings. The molecule has 0 aliphatic carbocycles. The van der Waals surface area contributed by atoms with Crippen LogP contribution in [0, 0.1) is 6.92 Å². The molecule has 2 aliphatic rings. The normalized spacial score (nSPS) is 17.9. The number of piperazine rings is 1. The molecule has 2 aliphatic heterocycles. The highest BCUT2D eigenvalue weighted by Gasteiger charge is 2.24. The molecule has 4 rings (SSSR count). The molecular weight excluding hydrogens is 346 g/mol. The van der Waals surface area contributed by atoms with Gasteiger partial charge in [0.05, 0.1) is 13.2 Å². The first-order chi connectivity index (χ1) is 13.2. The standard InChI is InChI=1S/C18H23N7O2/c1-14-13-15(16(26)23-9-11-27-12-10-23)22-18(21-14)25-7-5-24(6-8-25)17-19-3-2-4-20-17/h2-4,13H,5-12H2,1H3. The third-order valence-corrected chi connectivity index (χ3v) is 4.76. The van der Waals surface area contributed by atoms with Crippen LogP contribution in [-0.2, 0) is 4.74 Å². The van der Waals surface area contributed by atoms with Crippen molar-refractivity contribution in [2.75, 3.05) is 62.3 Å². The Morgan fingerprint density at radius 1 is 0.926 bits per heavy atom. The fourth-order valence-electron chi connectivity index (χ4n) is 3.29. The highest BCUT2D eigenvalue weighted by atomic mass is 16.5. The van der Waals surface area contributed by atoms with Crippen molar-refractivity contribution in [1.82, 2.24) is 24.8 Å². The third kappa shape index (κ3) is 3.97. The zero-order valence-corrected chi connectivity index (χ0v) is 15.4. The van der Waals surface area contributed by atoms with Crippen LogP contribution >= 0.6 is 0 Å². The maximum Gasteiger partial charge on any atom is 0.272 e. The molecule has 1 amide bonds. The molecule has 0 radical (unpaired) electrons. The second-order valence-electron chi connectivity index (χ2n) is 6.62. The Labute approximate surface area is 158 Å². The first-order valence-electron chi connectivity index (χ1n) is 9.20. The van der Waals surface area contributed by atoms with E-state index in [2.05, 4.69) is 29.7 Å². The summed E-state index contributed by atoms with van der Waals surface area (Å²) >= 11 is 0. The van der Waals surface area contributed by atoms with Crippen LogP contribution in [0.2, 0.25) is 0 Å². The Kier molecular flexibility index (Phi) is 5.10. The van der Waals surface area contributed by atoms with E-state index >= 15 is 0 Å².